The van der Waals surface area contributed by atoms with Crippen molar-refractivity contribution in [3.8, 4) is 0 Å². The highest BCUT2D eigenvalue weighted by atomic mass is 35.5. The van der Waals surface area contributed by atoms with Crippen molar-refractivity contribution in [2.45, 2.75) is 5.54 Å². The van der Waals surface area contributed by atoms with Crippen molar-refractivity contribution >= 4 is 17.5 Å². The van der Waals surface area contributed by atoms with Crippen molar-refractivity contribution in [3.63, 3.8) is 0 Å². The Morgan fingerprint density at radius 1 is 1.12 bits per heavy atom. The topological polar surface area (TPSA) is 89.8 Å². The number of aliphatic hydroxyl groups excluding tert-OH is 3. The number of hydrogen-bond donors (Lipinski definition) is 4. The molecule has 0 heterocycles. The van der Waals surface area contributed by atoms with Gasteiger partial charge >= 0.3 is 0 Å². The lowest BCUT2D eigenvalue weighted by molar-refractivity contribution is 0.0375. The zero-order valence-corrected chi connectivity index (χ0v) is 9.81. The first-order valence-corrected chi connectivity index (χ1v) is 5.35. The summed E-state index contributed by atoms with van der Waals surface area (Å²) >= 11 is 5.68. The van der Waals surface area contributed by atoms with Gasteiger partial charge in [0.25, 0.3) is 5.91 Å². The van der Waals surface area contributed by atoms with E-state index in [0.717, 1.165) is 0 Å². The van der Waals surface area contributed by atoms with E-state index in [-0.39, 0.29) is 0 Å². The first-order chi connectivity index (χ1) is 8.06. The van der Waals surface area contributed by atoms with E-state index in [1.807, 2.05) is 0 Å². The monoisotopic (exact) mass is 259 g/mol. The van der Waals surface area contributed by atoms with Gasteiger partial charge in [-0.3, -0.25) is 4.79 Å². The summed E-state index contributed by atoms with van der Waals surface area (Å²) in [5, 5.41) is 30.1. The van der Waals surface area contributed by atoms with Crippen LogP contribution < -0.4 is 5.32 Å². The van der Waals surface area contributed by atoms with E-state index in [1.54, 1.807) is 12.1 Å². The summed E-state index contributed by atoms with van der Waals surface area (Å²) in [5.41, 5.74) is -1.09. The molecule has 6 heteroatoms. The number of carbonyl (C=O) groups is 1. The first-order valence-electron chi connectivity index (χ1n) is 4.97. The first kappa shape index (κ1) is 13.9. The molecule has 0 radical (unpaired) electrons. The Balaban J connectivity index is 2.81. The van der Waals surface area contributed by atoms with Gasteiger partial charge < -0.3 is 20.6 Å². The Morgan fingerprint density at radius 3 is 2.00 bits per heavy atom. The predicted molar refractivity (Wildman–Crippen MR) is 62.9 cm³/mol. The van der Waals surface area contributed by atoms with E-state index in [1.165, 1.54) is 12.1 Å². The lowest BCUT2D eigenvalue weighted by Gasteiger charge is -2.28. The van der Waals surface area contributed by atoms with Gasteiger partial charge in [0.15, 0.2) is 0 Å². The second-order valence-corrected chi connectivity index (χ2v) is 4.15. The smallest absolute Gasteiger partial charge is 0.251 e. The quantitative estimate of drug-likeness (QED) is 0.589. The molecule has 0 saturated heterocycles. The molecular weight excluding hydrogens is 246 g/mol. The van der Waals surface area contributed by atoms with Crippen LogP contribution in [0.4, 0.5) is 0 Å². The lowest BCUT2D eigenvalue weighted by Crippen LogP contribution is -2.57. The summed E-state index contributed by atoms with van der Waals surface area (Å²) in [6, 6.07) is 6.12. The normalized spacial score (nSPS) is 11.3. The highest BCUT2D eigenvalue weighted by molar-refractivity contribution is 6.30. The lowest BCUT2D eigenvalue weighted by atomic mass is 10.0. The largest absolute Gasteiger partial charge is 0.394 e. The van der Waals surface area contributed by atoms with Crippen LogP contribution in [-0.4, -0.2) is 46.6 Å². The van der Waals surface area contributed by atoms with E-state index in [0.29, 0.717) is 10.6 Å². The van der Waals surface area contributed by atoms with Crippen molar-refractivity contribution in [3.05, 3.63) is 34.9 Å². The van der Waals surface area contributed by atoms with Gasteiger partial charge in [-0.05, 0) is 24.3 Å². The molecule has 1 rings (SSSR count). The van der Waals surface area contributed by atoms with Crippen LogP contribution in [0, 0.1) is 0 Å². The molecule has 17 heavy (non-hydrogen) atoms. The van der Waals surface area contributed by atoms with Gasteiger partial charge in [0.2, 0.25) is 0 Å². The molecule has 0 spiro atoms. The molecule has 1 aromatic carbocycles. The minimum atomic E-state index is -1.42. The maximum absolute atomic E-state index is 11.8. The third kappa shape index (κ3) is 3.41. The highest BCUT2D eigenvalue weighted by Crippen LogP contribution is 2.11. The SMILES string of the molecule is O=C(NC(CO)(CO)CO)c1ccc(Cl)cc1. The molecule has 1 aromatic rings. The van der Waals surface area contributed by atoms with Gasteiger partial charge in [-0.25, -0.2) is 0 Å². The van der Waals surface area contributed by atoms with Gasteiger partial charge in [0.05, 0.1) is 19.8 Å². The van der Waals surface area contributed by atoms with E-state index in [9.17, 15) is 4.79 Å². The van der Waals surface area contributed by atoms with Gasteiger partial charge in [-0.1, -0.05) is 11.6 Å². The third-order valence-electron chi connectivity index (χ3n) is 2.39. The van der Waals surface area contributed by atoms with Crippen LogP contribution in [0.2, 0.25) is 5.02 Å². The van der Waals surface area contributed by atoms with E-state index < -0.39 is 31.3 Å². The molecule has 4 N–H and O–H groups in total. The molecule has 94 valence electrons. The zero-order valence-electron chi connectivity index (χ0n) is 9.06. The molecule has 0 saturated carbocycles. The van der Waals surface area contributed by atoms with Crippen molar-refractivity contribution < 1.29 is 20.1 Å². The zero-order chi connectivity index (χ0) is 12.9. The Morgan fingerprint density at radius 2 is 1.59 bits per heavy atom. The molecule has 0 aromatic heterocycles. The molecule has 0 atom stereocenters. The second-order valence-electron chi connectivity index (χ2n) is 3.72. The minimum absolute atomic E-state index is 0.328. The Kier molecular flexibility index (Phi) is 4.89. The number of amides is 1. The third-order valence-corrected chi connectivity index (χ3v) is 2.65. The van der Waals surface area contributed by atoms with Crippen molar-refractivity contribution in [2.24, 2.45) is 0 Å². The molecule has 1 amide bonds. The standard InChI is InChI=1S/C11H14ClNO4/c12-9-3-1-8(2-4-9)10(17)13-11(5-14,6-15)7-16/h1-4,14-16H,5-7H2,(H,13,17). The van der Waals surface area contributed by atoms with Crippen molar-refractivity contribution in [2.75, 3.05) is 19.8 Å². The van der Waals surface area contributed by atoms with Crippen LogP contribution in [0.15, 0.2) is 24.3 Å². The number of halogens is 1. The van der Waals surface area contributed by atoms with Crippen LogP contribution in [0.25, 0.3) is 0 Å². The van der Waals surface area contributed by atoms with Crippen molar-refractivity contribution in [1.29, 1.82) is 0 Å². The second kappa shape index (κ2) is 5.97. The van der Waals surface area contributed by atoms with Crippen molar-refractivity contribution in [1.82, 2.24) is 5.32 Å². The Hall–Kier alpha value is -1.14. The van der Waals surface area contributed by atoms with Gasteiger partial charge in [-0.2, -0.15) is 0 Å². The molecule has 0 aliphatic carbocycles. The van der Waals surface area contributed by atoms with E-state index >= 15 is 0 Å². The predicted octanol–water partition coefficient (Wildman–Crippen LogP) is -0.214. The molecular formula is C11H14ClNO4. The van der Waals surface area contributed by atoms with Gasteiger partial charge in [-0.15, -0.1) is 0 Å². The molecule has 0 aliphatic rings. The minimum Gasteiger partial charge on any atom is -0.394 e. The fourth-order valence-electron chi connectivity index (χ4n) is 1.18. The summed E-state index contributed by atoms with van der Waals surface area (Å²) < 4.78 is 0. The number of benzene rings is 1. The molecule has 0 unspecified atom stereocenters. The maximum Gasteiger partial charge on any atom is 0.251 e. The molecule has 0 bridgehead atoms. The summed E-state index contributed by atoms with van der Waals surface area (Å²) in [6.07, 6.45) is 0. The van der Waals surface area contributed by atoms with Gasteiger partial charge in [0.1, 0.15) is 5.54 Å². The number of nitrogens with one attached hydrogen (secondary N) is 1. The fourth-order valence-corrected chi connectivity index (χ4v) is 1.31. The average molecular weight is 260 g/mol. The Bertz CT molecular complexity index is 367. The number of hydrogen-bond acceptors (Lipinski definition) is 4. The number of aliphatic hydroxyl groups is 3. The van der Waals surface area contributed by atoms with Crippen LogP contribution in [0.5, 0.6) is 0 Å². The fraction of sp³-hybridized carbons (Fsp3) is 0.364. The Labute approximate surface area is 104 Å². The van der Waals surface area contributed by atoms with Gasteiger partial charge in [0, 0.05) is 10.6 Å². The summed E-state index contributed by atoms with van der Waals surface area (Å²) in [5.74, 6) is -0.501. The van der Waals surface area contributed by atoms with Crippen LogP contribution in [0.3, 0.4) is 0 Å². The summed E-state index contributed by atoms with van der Waals surface area (Å²) in [6.45, 7) is -1.67. The molecule has 5 nitrogen and oxygen atoms in total. The summed E-state index contributed by atoms with van der Waals surface area (Å²) in [7, 11) is 0. The average Bonchev–Trinajstić information content (AvgIpc) is 2.37. The van der Waals surface area contributed by atoms with Crippen LogP contribution in [0.1, 0.15) is 10.4 Å². The number of rotatable bonds is 5. The van der Waals surface area contributed by atoms with Crippen LogP contribution in [-0.2, 0) is 0 Å². The number of carbonyl (C=O) groups excluding carboxylic acids is 1. The van der Waals surface area contributed by atoms with E-state index in [2.05, 4.69) is 5.32 Å². The van der Waals surface area contributed by atoms with E-state index in [4.69, 9.17) is 26.9 Å². The summed E-state index contributed by atoms with van der Waals surface area (Å²) in [4.78, 5) is 11.8. The molecule has 0 fully saturated rings. The highest BCUT2D eigenvalue weighted by Gasteiger charge is 2.30. The van der Waals surface area contributed by atoms with Crippen LogP contribution >= 0.6 is 11.6 Å². The maximum atomic E-state index is 11.8. The molecule has 0 aliphatic heterocycles.